The summed E-state index contributed by atoms with van der Waals surface area (Å²) in [6, 6.07) is 6.03. The van der Waals surface area contributed by atoms with Crippen molar-refractivity contribution < 1.29 is 19.1 Å². The number of nitrogens with one attached hydrogen (secondary N) is 1. The number of rotatable bonds is 4. The summed E-state index contributed by atoms with van der Waals surface area (Å²) in [6.07, 6.45) is 4.25. The average Bonchev–Trinajstić information content (AvgIpc) is 3.19. The molecule has 0 bridgehead atoms. The molecule has 0 radical (unpaired) electrons. The van der Waals surface area contributed by atoms with Gasteiger partial charge in [-0.3, -0.25) is 24.0 Å². The van der Waals surface area contributed by atoms with Crippen LogP contribution >= 0.6 is 11.9 Å². The number of likely N-dealkylation sites (tertiary alicyclic amines) is 1. The van der Waals surface area contributed by atoms with E-state index in [1.807, 2.05) is 49.3 Å². The Balaban J connectivity index is 1.14. The molecule has 4 amide bonds. The van der Waals surface area contributed by atoms with Crippen molar-refractivity contribution in [2.45, 2.75) is 69.6 Å². The van der Waals surface area contributed by atoms with E-state index >= 15 is 0 Å². The second kappa shape index (κ2) is 10.8. The molecule has 11 heteroatoms. The lowest BCUT2D eigenvalue weighted by Crippen LogP contribution is -2.49. The van der Waals surface area contributed by atoms with Crippen LogP contribution in [0.3, 0.4) is 0 Å². The molecule has 1 aromatic carbocycles. The number of aromatic nitrogens is 2. The Morgan fingerprint density at radius 2 is 1.76 bits per heavy atom. The fraction of sp³-hybridized carbons (Fsp3) is 0.630. The molecule has 3 aliphatic heterocycles. The summed E-state index contributed by atoms with van der Waals surface area (Å²) in [4.78, 5) is 39.6. The third-order valence-electron chi connectivity index (χ3n) is 7.48. The average molecular weight is 543 g/mol. The second-order valence-corrected chi connectivity index (χ2v) is 12.8. The van der Waals surface area contributed by atoms with Crippen molar-refractivity contribution in [3.05, 3.63) is 23.8 Å². The SMILES string of the molecule is Cn1nc(N2CCC(=O)NC2=O)c2ccc(C3CCN(SC4CCN(C(=O)OC(C)(C)C)CC4)CC3)cc21. The number of ether oxygens (including phenoxy) is 1. The maximum atomic E-state index is 12.4. The van der Waals surface area contributed by atoms with Gasteiger partial charge in [-0.05, 0) is 70.1 Å². The Hall–Kier alpha value is -2.79. The normalized spacial score (nSPS) is 20.7. The Morgan fingerprint density at radius 3 is 2.42 bits per heavy atom. The van der Waals surface area contributed by atoms with Gasteiger partial charge in [0.1, 0.15) is 5.60 Å². The molecule has 38 heavy (non-hydrogen) atoms. The van der Waals surface area contributed by atoms with Crippen LogP contribution < -0.4 is 10.2 Å². The first-order valence-corrected chi connectivity index (χ1v) is 14.4. The first kappa shape index (κ1) is 26.8. The van der Waals surface area contributed by atoms with Crippen molar-refractivity contribution in [3.8, 4) is 0 Å². The predicted octanol–water partition coefficient (Wildman–Crippen LogP) is 4.25. The second-order valence-electron chi connectivity index (χ2n) is 11.5. The maximum absolute atomic E-state index is 12.4. The third kappa shape index (κ3) is 5.93. The number of amides is 4. The van der Waals surface area contributed by atoms with E-state index in [9.17, 15) is 14.4 Å². The van der Waals surface area contributed by atoms with Gasteiger partial charge in [-0.2, -0.15) is 5.10 Å². The van der Waals surface area contributed by atoms with Gasteiger partial charge in [-0.15, -0.1) is 0 Å². The Morgan fingerprint density at radius 1 is 1.05 bits per heavy atom. The summed E-state index contributed by atoms with van der Waals surface area (Å²) in [5.41, 5.74) is 1.85. The van der Waals surface area contributed by atoms with E-state index in [1.165, 1.54) is 5.56 Å². The maximum Gasteiger partial charge on any atom is 0.410 e. The first-order valence-electron chi connectivity index (χ1n) is 13.5. The first-order chi connectivity index (χ1) is 18.1. The molecule has 3 fully saturated rings. The van der Waals surface area contributed by atoms with E-state index < -0.39 is 11.6 Å². The highest BCUT2D eigenvalue weighted by Crippen LogP contribution is 2.36. The highest BCUT2D eigenvalue weighted by Gasteiger charge is 2.31. The van der Waals surface area contributed by atoms with E-state index in [1.54, 1.807) is 4.90 Å². The van der Waals surface area contributed by atoms with Gasteiger partial charge in [-0.1, -0.05) is 18.0 Å². The molecule has 1 N–H and O–H groups in total. The molecule has 0 atom stereocenters. The summed E-state index contributed by atoms with van der Waals surface area (Å²) in [6.45, 7) is 9.65. The van der Waals surface area contributed by atoms with E-state index in [2.05, 4.69) is 32.9 Å². The van der Waals surface area contributed by atoms with Crippen LogP contribution in [0.15, 0.2) is 18.2 Å². The fourth-order valence-electron chi connectivity index (χ4n) is 5.45. The van der Waals surface area contributed by atoms with Crippen molar-refractivity contribution in [2.75, 3.05) is 37.6 Å². The van der Waals surface area contributed by atoms with Crippen LogP contribution in [0.5, 0.6) is 0 Å². The van der Waals surface area contributed by atoms with Gasteiger partial charge in [0, 0.05) is 56.8 Å². The van der Waals surface area contributed by atoms with Crippen molar-refractivity contribution in [2.24, 2.45) is 7.05 Å². The van der Waals surface area contributed by atoms with Gasteiger partial charge in [0.25, 0.3) is 0 Å². The molecule has 5 rings (SSSR count). The Labute approximate surface area is 228 Å². The van der Waals surface area contributed by atoms with Gasteiger partial charge >= 0.3 is 12.1 Å². The van der Waals surface area contributed by atoms with Crippen LogP contribution in [0, 0.1) is 0 Å². The van der Waals surface area contributed by atoms with Crippen LogP contribution in [-0.2, 0) is 16.6 Å². The zero-order chi connectivity index (χ0) is 27.0. The van der Waals surface area contributed by atoms with Gasteiger partial charge in [-0.25, -0.2) is 9.59 Å². The number of carbonyl (C=O) groups is 3. The highest BCUT2D eigenvalue weighted by atomic mass is 32.2. The number of imide groups is 1. The monoisotopic (exact) mass is 542 g/mol. The zero-order valence-corrected chi connectivity index (χ0v) is 23.6. The molecule has 10 nitrogen and oxygen atoms in total. The quantitative estimate of drug-likeness (QED) is 0.577. The van der Waals surface area contributed by atoms with Crippen LogP contribution in [-0.4, -0.2) is 80.6 Å². The predicted molar refractivity (Wildman–Crippen MR) is 148 cm³/mol. The number of hydrogen-bond donors (Lipinski definition) is 1. The van der Waals surface area contributed by atoms with Gasteiger partial charge in [0.05, 0.1) is 5.52 Å². The molecular weight excluding hydrogens is 504 g/mol. The number of piperidine rings is 2. The van der Waals surface area contributed by atoms with E-state index in [4.69, 9.17) is 4.74 Å². The third-order valence-corrected chi connectivity index (χ3v) is 8.92. The topological polar surface area (TPSA) is 100 Å². The van der Waals surface area contributed by atoms with Crippen molar-refractivity contribution >= 4 is 46.7 Å². The Bertz CT molecular complexity index is 1210. The summed E-state index contributed by atoms with van der Waals surface area (Å²) in [7, 11) is 1.90. The minimum Gasteiger partial charge on any atom is -0.444 e. The number of carbonyl (C=O) groups excluding carboxylic acids is 3. The minimum atomic E-state index is -0.456. The van der Waals surface area contributed by atoms with E-state index in [-0.39, 0.29) is 18.4 Å². The molecule has 206 valence electrons. The molecular formula is C27H38N6O4S. The molecule has 0 aliphatic carbocycles. The minimum absolute atomic E-state index is 0.200. The molecule has 0 saturated carbocycles. The number of anilines is 1. The lowest BCUT2D eigenvalue weighted by atomic mass is 9.90. The molecule has 0 unspecified atom stereocenters. The van der Waals surface area contributed by atoms with Gasteiger partial charge in [0.15, 0.2) is 5.82 Å². The van der Waals surface area contributed by atoms with E-state index in [0.29, 0.717) is 23.5 Å². The number of hydrogen-bond acceptors (Lipinski definition) is 7. The van der Waals surface area contributed by atoms with E-state index in [0.717, 1.165) is 62.8 Å². The smallest absolute Gasteiger partial charge is 0.410 e. The van der Waals surface area contributed by atoms with Crippen LogP contribution in [0.25, 0.3) is 10.9 Å². The summed E-state index contributed by atoms with van der Waals surface area (Å²) >= 11 is 1.96. The standard InChI is InChI=1S/C27H38N6O4S/c1-27(2,3)37-26(36)31-12-9-20(10-13-31)38-32-14-7-18(8-15-32)19-5-6-21-22(17-19)30(4)29-24(21)33-16-11-23(34)28-25(33)35/h5-6,17-18,20H,7-16H2,1-4H3,(H,28,34,35). The lowest BCUT2D eigenvalue weighted by molar-refractivity contribution is -0.120. The van der Waals surface area contributed by atoms with Crippen molar-refractivity contribution in [3.63, 3.8) is 0 Å². The molecule has 3 saturated heterocycles. The number of benzene rings is 1. The Kier molecular flexibility index (Phi) is 7.59. The summed E-state index contributed by atoms with van der Waals surface area (Å²) in [5, 5.41) is 8.46. The van der Waals surface area contributed by atoms with Crippen LogP contribution in [0.1, 0.15) is 64.4 Å². The zero-order valence-electron chi connectivity index (χ0n) is 22.7. The molecule has 1 aromatic heterocycles. The van der Waals surface area contributed by atoms with Crippen molar-refractivity contribution in [1.82, 2.24) is 24.3 Å². The number of nitrogens with zero attached hydrogens (tertiary/aromatic N) is 5. The molecule has 2 aromatic rings. The van der Waals surface area contributed by atoms with Gasteiger partial charge < -0.3 is 9.64 Å². The summed E-state index contributed by atoms with van der Waals surface area (Å²) in [5.74, 6) is 0.840. The largest absolute Gasteiger partial charge is 0.444 e. The van der Waals surface area contributed by atoms with Crippen LogP contribution in [0.4, 0.5) is 15.4 Å². The highest BCUT2D eigenvalue weighted by molar-refractivity contribution is 7.97. The van der Waals surface area contributed by atoms with Crippen molar-refractivity contribution in [1.29, 1.82) is 0 Å². The molecule has 3 aliphatic rings. The molecule has 0 spiro atoms. The summed E-state index contributed by atoms with van der Waals surface area (Å²) < 4.78 is 9.85. The van der Waals surface area contributed by atoms with Gasteiger partial charge in [0.2, 0.25) is 5.91 Å². The fourth-order valence-corrected chi connectivity index (χ4v) is 6.72. The number of aryl methyl sites for hydroxylation is 1. The van der Waals surface area contributed by atoms with Crippen LogP contribution in [0.2, 0.25) is 0 Å². The lowest BCUT2D eigenvalue weighted by Gasteiger charge is -2.37. The number of fused-ring (bicyclic) bond motifs is 1. The number of urea groups is 1. The molecule has 4 heterocycles.